The lowest BCUT2D eigenvalue weighted by Gasteiger charge is -2.16. The van der Waals surface area contributed by atoms with Gasteiger partial charge in [0, 0.05) is 30.1 Å². The standard InChI is InChI=1S/C24H25N3O4/c1-16-4-6-17(7-5-16)8-13-26-23(28)19-14-20(22(31-3)21(15-19)30-2)27-24(29)18-9-11-25-12-10-18/h4-7,9-12,14-15H,8,13H2,1-3H3,(H,26,28)(H,27,29). The molecule has 0 bridgehead atoms. The zero-order valence-electron chi connectivity index (χ0n) is 17.8. The summed E-state index contributed by atoms with van der Waals surface area (Å²) in [6.45, 7) is 2.52. The molecule has 7 heteroatoms. The van der Waals surface area contributed by atoms with Crippen LogP contribution in [0.25, 0.3) is 0 Å². The average Bonchev–Trinajstić information content (AvgIpc) is 2.80. The summed E-state index contributed by atoms with van der Waals surface area (Å²) >= 11 is 0. The van der Waals surface area contributed by atoms with Crippen LogP contribution in [-0.2, 0) is 6.42 Å². The fraction of sp³-hybridized carbons (Fsp3) is 0.208. The molecule has 1 aromatic heterocycles. The molecule has 2 amide bonds. The van der Waals surface area contributed by atoms with Crippen LogP contribution in [0.1, 0.15) is 31.8 Å². The van der Waals surface area contributed by atoms with E-state index in [0.29, 0.717) is 41.3 Å². The van der Waals surface area contributed by atoms with Crippen molar-refractivity contribution in [3.05, 3.63) is 83.2 Å². The molecule has 3 rings (SSSR count). The first-order valence-corrected chi connectivity index (χ1v) is 9.83. The number of methoxy groups -OCH3 is 2. The number of hydrogen-bond donors (Lipinski definition) is 2. The second-order valence-corrected chi connectivity index (χ2v) is 6.94. The van der Waals surface area contributed by atoms with Crippen LogP contribution in [0.4, 0.5) is 5.69 Å². The minimum absolute atomic E-state index is 0.271. The number of pyridine rings is 1. The molecular weight excluding hydrogens is 394 g/mol. The number of carbonyl (C=O) groups excluding carboxylic acids is 2. The minimum atomic E-state index is -0.348. The lowest BCUT2D eigenvalue weighted by Crippen LogP contribution is -2.26. The van der Waals surface area contributed by atoms with E-state index in [4.69, 9.17) is 9.47 Å². The van der Waals surface area contributed by atoms with Gasteiger partial charge < -0.3 is 20.1 Å². The largest absolute Gasteiger partial charge is 0.493 e. The molecule has 2 aromatic carbocycles. The first kappa shape index (κ1) is 21.8. The molecule has 0 atom stereocenters. The summed E-state index contributed by atoms with van der Waals surface area (Å²) in [5.74, 6) is 0.0620. The third-order valence-electron chi connectivity index (χ3n) is 4.75. The summed E-state index contributed by atoms with van der Waals surface area (Å²) in [4.78, 5) is 29.2. The van der Waals surface area contributed by atoms with Gasteiger partial charge in [-0.2, -0.15) is 0 Å². The van der Waals surface area contributed by atoms with E-state index >= 15 is 0 Å². The normalized spacial score (nSPS) is 10.3. The molecule has 160 valence electrons. The smallest absolute Gasteiger partial charge is 0.255 e. The van der Waals surface area contributed by atoms with Gasteiger partial charge in [0.05, 0.1) is 19.9 Å². The van der Waals surface area contributed by atoms with Gasteiger partial charge in [-0.15, -0.1) is 0 Å². The van der Waals surface area contributed by atoms with E-state index in [9.17, 15) is 9.59 Å². The quantitative estimate of drug-likeness (QED) is 0.582. The second kappa shape index (κ2) is 10.2. The summed E-state index contributed by atoms with van der Waals surface area (Å²) in [5.41, 5.74) is 3.46. The summed E-state index contributed by atoms with van der Waals surface area (Å²) in [6, 6.07) is 14.5. The van der Waals surface area contributed by atoms with Gasteiger partial charge in [-0.3, -0.25) is 14.6 Å². The molecule has 1 heterocycles. The highest BCUT2D eigenvalue weighted by molar-refractivity contribution is 6.06. The van der Waals surface area contributed by atoms with Crippen LogP contribution < -0.4 is 20.1 Å². The molecule has 0 saturated heterocycles. The molecule has 0 saturated carbocycles. The summed E-state index contributed by atoms with van der Waals surface area (Å²) < 4.78 is 10.8. The number of carbonyl (C=O) groups is 2. The van der Waals surface area contributed by atoms with Crippen LogP contribution in [0, 0.1) is 6.92 Å². The third kappa shape index (κ3) is 5.60. The van der Waals surface area contributed by atoms with Gasteiger partial charge >= 0.3 is 0 Å². The van der Waals surface area contributed by atoms with Gasteiger partial charge in [-0.05, 0) is 43.2 Å². The maximum absolute atomic E-state index is 12.7. The highest BCUT2D eigenvalue weighted by Gasteiger charge is 2.18. The van der Waals surface area contributed by atoms with E-state index in [0.717, 1.165) is 5.56 Å². The number of amides is 2. The predicted octanol–water partition coefficient (Wildman–Crippen LogP) is 3.63. The lowest BCUT2D eigenvalue weighted by molar-refractivity contribution is 0.0952. The second-order valence-electron chi connectivity index (χ2n) is 6.94. The molecule has 2 N–H and O–H groups in total. The molecule has 0 aliphatic heterocycles. The SMILES string of the molecule is COc1cc(C(=O)NCCc2ccc(C)cc2)cc(NC(=O)c2ccncc2)c1OC. The number of rotatable bonds is 8. The Morgan fingerprint density at radius 2 is 1.61 bits per heavy atom. The zero-order valence-corrected chi connectivity index (χ0v) is 17.8. The zero-order chi connectivity index (χ0) is 22.2. The molecule has 0 spiro atoms. The van der Waals surface area contributed by atoms with Crippen molar-refractivity contribution in [2.24, 2.45) is 0 Å². The van der Waals surface area contributed by atoms with Crippen molar-refractivity contribution in [1.29, 1.82) is 0 Å². The monoisotopic (exact) mass is 419 g/mol. The number of nitrogens with zero attached hydrogens (tertiary/aromatic N) is 1. The molecule has 0 aliphatic carbocycles. The Labute approximate surface area is 181 Å². The summed E-state index contributed by atoms with van der Waals surface area (Å²) in [6.07, 6.45) is 3.78. The van der Waals surface area contributed by atoms with Crippen LogP contribution in [-0.4, -0.2) is 37.6 Å². The van der Waals surface area contributed by atoms with Gasteiger partial charge in [0.2, 0.25) is 0 Å². The lowest BCUT2D eigenvalue weighted by atomic mass is 10.1. The van der Waals surface area contributed by atoms with E-state index in [-0.39, 0.29) is 11.8 Å². The summed E-state index contributed by atoms with van der Waals surface area (Å²) in [7, 11) is 2.95. The van der Waals surface area contributed by atoms with Gasteiger partial charge in [0.1, 0.15) is 0 Å². The molecule has 31 heavy (non-hydrogen) atoms. The fourth-order valence-electron chi connectivity index (χ4n) is 3.06. The Hall–Kier alpha value is -3.87. The molecule has 3 aromatic rings. The number of aryl methyl sites for hydroxylation is 1. The van der Waals surface area contributed by atoms with Crippen LogP contribution in [0.15, 0.2) is 60.9 Å². The Kier molecular flexibility index (Phi) is 7.22. The number of nitrogens with one attached hydrogen (secondary N) is 2. The Balaban J connectivity index is 1.76. The van der Waals surface area contributed by atoms with Crippen molar-refractivity contribution in [3.8, 4) is 11.5 Å². The topological polar surface area (TPSA) is 89.6 Å². The van der Waals surface area contributed by atoms with Crippen molar-refractivity contribution >= 4 is 17.5 Å². The Bertz CT molecular complexity index is 1050. The molecule has 0 unspecified atom stereocenters. The number of benzene rings is 2. The number of hydrogen-bond acceptors (Lipinski definition) is 5. The van der Waals surface area contributed by atoms with Crippen molar-refractivity contribution in [2.75, 3.05) is 26.1 Å². The first-order valence-electron chi connectivity index (χ1n) is 9.83. The molecule has 0 radical (unpaired) electrons. The number of ether oxygens (including phenoxy) is 2. The van der Waals surface area contributed by atoms with Crippen molar-refractivity contribution in [3.63, 3.8) is 0 Å². The first-order chi connectivity index (χ1) is 15.0. The van der Waals surface area contributed by atoms with E-state index in [1.165, 1.54) is 32.2 Å². The molecule has 0 aliphatic rings. The van der Waals surface area contributed by atoms with E-state index < -0.39 is 0 Å². The Morgan fingerprint density at radius 3 is 2.26 bits per heavy atom. The van der Waals surface area contributed by atoms with Gasteiger partial charge in [0.25, 0.3) is 11.8 Å². The maximum Gasteiger partial charge on any atom is 0.255 e. The number of anilines is 1. The van der Waals surface area contributed by atoms with E-state index in [1.54, 1.807) is 24.3 Å². The van der Waals surface area contributed by atoms with Gasteiger partial charge in [-0.1, -0.05) is 29.8 Å². The molecular formula is C24H25N3O4. The highest BCUT2D eigenvalue weighted by Crippen LogP contribution is 2.37. The fourth-order valence-corrected chi connectivity index (χ4v) is 3.06. The minimum Gasteiger partial charge on any atom is -0.493 e. The highest BCUT2D eigenvalue weighted by atomic mass is 16.5. The summed E-state index contributed by atoms with van der Waals surface area (Å²) in [5, 5.41) is 5.69. The van der Waals surface area contributed by atoms with Crippen LogP contribution in [0.3, 0.4) is 0 Å². The van der Waals surface area contributed by atoms with Gasteiger partial charge in [-0.25, -0.2) is 0 Å². The predicted molar refractivity (Wildman–Crippen MR) is 119 cm³/mol. The van der Waals surface area contributed by atoms with Crippen molar-refractivity contribution in [1.82, 2.24) is 10.3 Å². The number of aromatic nitrogens is 1. The van der Waals surface area contributed by atoms with Crippen LogP contribution >= 0.6 is 0 Å². The van der Waals surface area contributed by atoms with Crippen LogP contribution in [0.2, 0.25) is 0 Å². The molecule has 0 fully saturated rings. The van der Waals surface area contributed by atoms with Crippen molar-refractivity contribution < 1.29 is 19.1 Å². The van der Waals surface area contributed by atoms with E-state index in [1.807, 2.05) is 31.2 Å². The van der Waals surface area contributed by atoms with E-state index in [2.05, 4.69) is 15.6 Å². The van der Waals surface area contributed by atoms with Gasteiger partial charge in [0.15, 0.2) is 11.5 Å². The van der Waals surface area contributed by atoms with Crippen molar-refractivity contribution in [2.45, 2.75) is 13.3 Å². The average molecular weight is 419 g/mol. The van der Waals surface area contributed by atoms with Crippen LogP contribution in [0.5, 0.6) is 11.5 Å². The molecule has 7 nitrogen and oxygen atoms in total. The Morgan fingerprint density at radius 1 is 0.903 bits per heavy atom. The third-order valence-corrected chi connectivity index (χ3v) is 4.75. The maximum atomic E-state index is 12.7.